The molecule has 2 aromatic rings. The van der Waals surface area contributed by atoms with Gasteiger partial charge in [-0.05, 0) is 54.4 Å². The van der Waals surface area contributed by atoms with E-state index in [1.54, 1.807) is 0 Å². The monoisotopic (exact) mass is 355 g/mol. The molecule has 0 heterocycles. The maximum absolute atomic E-state index is 13.0. The van der Waals surface area contributed by atoms with E-state index in [9.17, 15) is 4.39 Å². The molecule has 20 heavy (non-hydrogen) atoms. The molecule has 0 aliphatic carbocycles. The first kappa shape index (κ1) is 15.5. The lowest BCUT2D eigenvalue weighted by molar-refractivity contribution is 0.548. The van der Waals surface area contributed by atoms with Crippen molar-refractivity contribution in [2.24, 2.45) is 0 Å². The third kappa shape index (κ3) is 4.30. The van der Waals surface area contributed by atoms with E-state index in [1.165, 1.54) is 12.1 Å². The van der Waals surface area contributed by atoms with Crippen molar-refractivity contribution in [3.8, 4) is 0 Å². The van der Waals surface area contributed by atoms with Crippen LogP contribution in [0.15, 0.2) is 46.9 Å². The molecule has 106 valence electrons. The Kier molecular flexibility index (Phi) is 5.58. The fourth-order valence-electron chi connectivity index (χ4n) is 2.19. The van der Waals surface area contributed by atoms with E-state index in [-0.39, 0.29) is 11.9 Å². The van der Waals surface area contributed by atoms with E-state index in [2.05, 4.69) is 34.2 Å². The number of nitrogens with one attached hydrogen (secondary N) is 1. The van der Waals surface area contributed by atoms with Crippen LogP contribution in [0.2, 0.25) is 5.02 Å². The molecule has 0 bridgehead atoms. The highest BCUT2D eigenvalue weighted by Crippen LogP contribution is 2.26. The Morgan fingerprint density at radius 3 is 2.50 bits per heavy atom. The third-order valence-electron chi connectivity index (χ3n) is 3.09. The quantitative estimate of drug-likeness (QED) is 0.782. The van der Waals surface area contributed by atoms with Crippen LogP contribution in [0.3, 0.4) is 0 Å². The fourth-order valence-corrected chi connectivity index (χ4v) is 3.07. The third-order valence-corrected chi connectivity index (χ3v) is 3.77. The maximum Gasteiger partial charge on any atom is 0.123 e. The molecule has 0 saturated heterocycles. The fraction of sp³-hybridized carbons (Fsp3) is 0.250. The van der Waals surface area contributed by atoms with Gasteiger partial charge in [0.1, 0.15) is 5.82 Å². The Hall–Kier alpha value is -0.900. The second-order valence-electron chi connectivity index (χ2n) is 4.64. The highest BCUT2D eigenvalue weighted by atomic mass is 79.9. The highest BCUT2D eigenvalue weighted by molar-refractivity contribution is 9.10. The zero-order valence-electron chi connectivity index (χ0n) is 11.2. The van der Waals surface area contributed by atoms with Gasteiger partial charge in [-0.3, -0.25) is 0 Å². The predicted octanol–water partition coefficient (Wildman–Crippen LogP) is 5.13. The van der Waals surface area contributed by atoms with E-state index in [0.29, 0.717) is 5.02 Å². The molecular formula is C16H16BrClFN. The summed E-state index contributed by atoms with van der Waals surface area (Å²) in [7, 11) is 0. The van der Waals surface area contributed by atoms with Gasteiger partial charge in [0.15, 0.2) is 0 Å². The first-order valence-electron chi connectivity index (χ1n) is 6.52. The summed E-state index contributed by atoms with van der Waals surface area (Å²) < 4.78 is 13.9. The van der Waals surface area contributed by atoms with Crippen molar-refractivity contribution in [1.82, 2.24) is 5.32 Å². The molecule has 1 unspecified atom stereocenters. The molecule has 1 nitrogen and oxygen atoms in total. The number of hydrogen-bond acceptors (Lipinski definition) is 1. The summed E-state index contributed by atoms with van der Waals surface area (Å²) in [6.45, 7) is 2.92. The Balaban J connectivity index is 2.23. The Bertz CT molecular complexity index is 551. The van der Waals surface area contributed by atoms with E-state index in [4.69, 9.17) is 11.6 Å². The summed E-state index contributed by atoms with van der Waals surface area (Å²) in [5.41, 5.74) is 2.21. The van der Waals surface area contributed by atoms with Gasteiger partial charge in [-0.1, -0.05) is 46.6 Å². The Labute approximate surface area is 132 Å². The first-order chi connectivity index (χ1) is 9.58. The average molecular weight is 357 g/mol. The number of hydrogen-bond donors (Lipinski definition) is 1. The standard InChI is InChI=1S/C16H16BrClFN/c1-2-20-16(7-11-3-5-15(19)6-4-11)12-8-13(17)10-14(18)9-12/h3-6,8-10,16,20H,2,7H2,1H3. The van der Waals surface area contributed by atoms with Crippen molar-refractivity contribution < 1.29 is 4.39 Å². The van der Waals surface area contributed by atoms with Crippen molar-refractivity contribution in [2.75, 3.05) is 6.54 Å². The number of likely N-dealkylation sites (N-methyl/N-ethyl adjacent to an activating group) is 1. The zero-order chi connectivity index (χ0) is 14.5. The number of rotatable bonds is 5. The van der Waals surface area contributed by atoms with E-state index in [0.717, 1.165) is 28.6 Å². The summed E-state index contributed by atoms with van der Waals surface area (Å²) in [6, 6.07) is 12.7. The van der Waals surface area contributed by atoms with Crippen LogP contribution in [0.4, 0.5) is 4.39 Å². The topological polar surface area (TPSA) is 12.0 Å². The van der Waals surface area contributed by atoms with Gasteiger partial charge in [0.25, 0.3) is 0 Å². The first-order valence-corrected chi connectivity index (χ1v) is 7.69. The van der Waals surface area contributed by atoms with Crippen LogP contribution in [0.5, 0.6) is 0 Å². The summed E-state index contributed by atoms with van der Waals surface area (Å²) in [5.74, 6) is -0.209. The van der Waals surface area contributed by atoms with Crippen LogP contribution in [-0.4, -0.2) is 6.54 Å². The number of halogens is 3. The van der Waals surface area contributed by atoms with Gasteiger partial charge >= 0.3 is 0 Å². The smallest absolute Gasteiger partial charge is 0.123 e. The minimum absolute atomic E-state index is 0.153. The van der Waals surface area contributed by atoms with Crippen molar-refractivity contribution in [1.29, 1.82) is 0 Å². The minimum atomic E-state index is -0.209. The molecule has 2 aromatic carbocycles. The van der Waals surface area contributed by atoms with Crippen molar-refractivity contribution >= 4 is 27.5 Å². The maximum atomic E-state index is 13.0. The molecule has 0 saturated carbocycles. The second-order valence-corrected chi connectivity index (χ2v) is 6.00. The van der Waals surface area contributed by atoms with Gasteiger partial charge in [-0.15, -0.1) is 0 Å². The summed E-state index contributed by atoms with van der Waals surface area (Å²) >= 11 is 9.58. The van der Waals surface area contributed by atoms with Crippen molar-refractivity contribution in [2.45, 2.75) is 19.4 Å². The molecule has 0 radical (unpaired) electrons. The van der Waals surface area contributed by atoms with Crippen molar-refractivity contribution in [3.05, 3.63) is 68.9 Å². The van der Waals surface area contributed by atoms with E-state index in [1.807, 2.05) is 24.3 Å². The molecule has 0 aliphatic rings. The van der Waals surface area contributed by atoms with Crippen molar-refractivity contribution in [3.63, 3.8) is 0 Å². The van der Waals surface area contributed by atoms with Gasteiger partial charge in [-0.2, -0.15) is 0 Å². The Morgan fingerprint density at radius 2 is 1.90 bits per heavy atom. The van der Waals surface area contributed by atoms with Gasteiger partial charge in [-0.25, -0.2) is 4.39 Å². The summed E-state index contributed by atoms with van der Waals surface area (Å²) in [6.07, 6.45) is 0.793. The zero-order valence-corrected chi connectivity index (χ0v) is 13.5. The number of benzene rings is 2. The molecule has 0 fully saturated rings. The molecule has 2 rings (SSSR count). The lowest BCUT2D eigenvalue weighted by Gasteiger charge is -2.19. The normalized spacial score (nSPS) is 12.4. The van der Waals surface area contributed by atoms with E-state index < -0.39 is 0 Å². The van der Waals surface area contributed by atoms with Crippen LogP contribution in [-0.2, 0) is 6.42 Å². The molecule has 1 N–H and O–H groups in total. The molecule has 0 aromatic heterocycles. The molecular weight excluding hydrogens is 341 g/mol. The van der Waals surface area contributed by atoms with Gasteiger partial charge < -0.3 is 5.32 Å². The van der Waals surface area contributed by atoms with Gasteiger partial charge in [0.05, 0.1) is 0 Å². The minimum Gasteiger partial charge on any atom is -0.310 e. The Morgan fingerprint density at radius 1 is 1.20 bits per heavy atom. The molecule has 4 heteroatoms. The SMILES string of the molecule is CCNC(Cc1ccc(F)cc1)c1cc(Cl)cc(Br)c1. The average Bonchev–Trinajstić information content (AvgIpc) is 2.39. The highest BCUT2D eigenvalue weighted by Gasteiger charge is 2.12. The summed E-state index contributed by atoms with van der Waals surface area (Å²) in [5, 5.41) is 4.15. The predicted molar refractivity (Wildman–Crippen MR) is 85.7 cm³/mol. The second kappa shape index (κ2) is 7.21. The van der Waals surface area contributed by atoms with Crippen LogP contribution >= 0.6 is 27.5 Å². The summed E-state index contributed by atoms with van der Waals surface area (Å²) in [4.78, 5) is 0. The van der Waals surface area contributed by atoms with Gasteiger partial charge in [0, 0.05) is 15.5 Å². The largest absolute Gasteiger partial charge is 0.310 e. The van der Waals surface area contributed by atoms with E-state index >= 15 is 0 Å². The lowest BCUT2D eigenvalue weighted by Crippen LogP contribution is -2.23. The molecule has 0 amide bonds. The molecule has 0 aliphatic heterocycles. The van der Waals surface area contributed by atoms with Crippen LogP contribution in [0.1, 0.15) is 24.1 Å². The molecule has 1 atom stereocenters. The lowest BCUT2D eigenvalue weighted by atomic mass is 9.99. The van der Waals surface area contributed by atoms with Crippen LogP contribution in [0, 0.1) is 5.82 Å². The van der Waals surface area contributed by atoms with Crippen LogP contribution < -0.4 is 5.32 Å². The van der Waals surface area contributed by atoms with Gasteiger partial charge in [0.2, 0.25) is 0 Å². The molecule has 0 spiro atoms. The van der Waals surface area contributed by atoms with Crippen LogP contribution in [0.25, 0.3) is 0 Å².